The van der Waals surface area contributed by atoms with Crippen LogP contribution in [0.25, 0.3) is 0 Å². The van der Waals surface area contributed by atoms with Crippen LogP contribution >= 0.6 is 23.2 Å². The maximum atomic E-state index is 12.2. The van der Waals surface area contributed by atoms with E-state index in [1.54, 1.807) is 6.07 Å². The Hall–Kier alpha value is -2.66. The van der Waals surface area contributed by atoms with Gasteiger partial charge in [0.15, 0.2) is 0 Å². The molecule has 0 saturated carbocycles. The molecule has 0 spiro atoms. The molecular formula is C18H18Cl2N4O5S. The lowest BCUT2D eigenvalue weighted by molar-refractivity contribution is -0.124. The first-order chi connectivity index (χ1) is 14.1. The number of nitrogens with one attached hydrogen (secondary N) is 4. The predicted octanol–water partition coefficient (Wildman–Crippen LogP) is 2.68. The second-order valence-electron chi connectivity index (χ2n) is 6.03. The van der Waals surface area contributed by atoms with E-state index in [0.717, 1.165) is 0 Å². The van der Waals surface area contributed by atoms with E-state index in [1.807, 2.05) is 10.3 Å². The Morgan fingerprint density at radius 1 is 0.900 bits per heavy atom. The third-order valence-corrected chi connectivity index (χ3v) is 5.41. The SMILES string of the molecule is CC(=O)Nc1ccc(S(=O)(=O)NNC(=O)CCC(=O)Nc2ccc(Cl)cc2Cl)cc1. The molecule has 0 atom stereocenters. The van der Waals surface area contributed by atoms with Gasteiger partial charge in [-0.15, -0.1) is 4.83 Å². The molecule has 0 fully saturated rings. The molecule has 0 bridgehead atoms. The summed E-state index contributed by atoms with van der Waals surface area (Å²) in [5.41, 5.74) is 2.81. The Morgan fingerprint density at radius 2 is 1.53 bits per heavy atom. The lowest BCUT2D eigenvalue weighted by Crippen LogP contribution is -2.41. The molecule has 160 valence electrons. The first-order valence-electron chi connectivity index (χ1n) is 8.50. The van der Waals surface area contributed by atoms with Gasteiger partial charge >= 0.3 is 0 Å². The van der Waals surface area contributed by atoms with Crippen molar-refractivity contribution in [3.05, 3.63) is 52.5 Å². The van der Waals surface area contributed by atoms with Gasteiger partial charge in [-0.05, 0) is 42.5 Å². The molecule has 4 N–H and O–H groups in total. The second-order valence-corrected chi connectivity index (χ2v) is 8.56. The summed E-state index contributed by atoms with van der Waals surface area (Å²) in [6, 6.07) is 9.88. The molecule has 30 heavy (non-hydrogen) atoms. The first kappa shape index (κ1) is 23.6. The summed E-state index contributed by atoms with van der Waals surface area (Å²) in [4.78, 5) is 36.6. The number of sulfonamides is 1. The number of hydrogen-bond acceptors (Lipinski definition) is 5. The van der Waals surface area contributed by atoms with E-state index >= 15 is 0 Å². The normalized spacial score (nSPS) is 10.9. The molecule has 0 unspecified atom stereocenters. The van der Waals surface area contributed by atoms with E-state index in [2.05, 4.69) is 10.6 Å². The van der Waals surface area contributed by atoms with E-state index in [4.69, 9.17) is 23.2 Å². The summed E-state index contributed by atoms with van der Waals surface area (Å²) in [6.07, 6.45) is -0.459. The molecular weight excluding hydrogens is 455 g/mol. The Kier molecular flexibility index (Phi) is 8.18. The number of carbonyl (C=O) groups excluding carboxylic acids is 3. The molecule has 0 aliphatic carbocycles. The molecule has 0 radical (unpaired) electrons. The minimum Gasteiger partial charge on any atom is -0.326 e. The fourth-order valence-corrected chi connectivity index (χ4v) is 3.51. The van der Waals surface area contributed by atoms with Crippen LogP contribution in [-0.4, -0.2) is 26.1 Å². The van der Waals surface area contributed by atoms with Gasteiger partial charge in [-0.1, -0.05) is 23.2 Å². The van der Waals surface area contributed by atoms with Crippen molar-refractivity contribution in [1.29, 1.82) is 0 Å². The highest BCUT2D eigenvalue weighted by molar-refractivity contribution is 7.89. The number of benzene rings is 2. The van der Waals surface area contributed by atoms with E-state index in [0.29, 0.717) is 16.4 Å². The van der Waals surface area contributed by atoms with Crippen molar-refractivity contribution >= 4 is 62.3 Å². The molecule has 0 aliphatic rings. The highest BCUT2D eigenvalue weighted by atomic mass is 35.5. The van der Waals surface area contributed by atoms with Crippen molar-refractivity contribution in [3.63, 3.8) is 0 Å². The predicted molar refractivity (Wildman–Crippen MR) is 114 cm³/mol. The number of carbonyl (C=O) groups is 3. The summed E-state index contributed by atoms with van der Waals surface area (Å²) in [5, 5.41) is 5.70. The fourth-order valence-electron chi connectivity index (χ4n) is 2.20. The lowest BCUT2D eigenvalue weighted by atomic mass is 10.2. The van der Waals surface area contributed by atoms with Gasteiger partial charge in [0.2, 0.25) is 17.7 Å². The van der Waals surface area contributed by atoms with E-state index < -0.39 is 21.8 Å². The molecule has 0 aromatic heterocycles. The number of halogens is 2. The van der Waals surface area contributed by atoms with Crippen molar-refractivity contribution in [1.82, 2.24) is 10.3 Å². The third kappa shape index (κ3) is 7.30. The van der Waals surface area contributed by atoms with Crippen LogP contribution in [0.2, 0.25) is 10.0 Å². The molecule has 2 rings (SSSR count). The van der Waals surface area contributed by atoms with Crippen LogP contribution in [0, 0.1) is 0 Å². The van der Waals surface area contributed by atoms with Crippen molar-refractivity contribution in [3.8, 4) is 0 Å². The molecule has 2 aromatic rings. The van der Waals surface area contributed by atoms with Gasteiger partial charge < -0.3 is 10.6 Å². The van der Waals surface area contributed by atoms with E-state index in [-0.39, 0.29) is 28.7 Å². The molecule has 2 aromatic carbocycles. The van der Waals surface area contributed by atoms with Gasteiger partial charge in [0.25, 0.3) is 10.0 Å². The van der Waals surface area contributed by atoms with Crippen LogP contribution in [0.4, 0.5) is 11.4 Å². The third-order valence-electron chi connectivity index (χ3n) is 3.59. The maximum Gasteiger partial charge on any atom is 0.257 e. The largest absolute Gasteiger partial charge is 0.326 e. The van der Waals surface area contributed by atoms with E-state index in [1.165, 1.54) is 43.3 Å². The average Bonchev–Trinajstić information content (AvgIpc) is 2.67. The zero-order valence-electron chi connectivity index (χ0n) is 15.7. The quantitative estimate of drug-likeness (QED) is 0.438. The van der Waals surface area contributed by atoms with Crippen LogP contribution in [0.3, 0.4) is 0 Å². The van der Waals surface area contributed by atoms with Crippen LogP contribution in [-0.2, 0) is 24.4 Å². The Balaban J connectivity index is 1.83. The zero-order valence-corrected chi connectivity index (χ0v) is 18.0. The summed E-state index contributed by atoms with van der Waals surface area (Å²) in [5.74, 6) is -1.48. The topological polar surface area (TPSA) is 133 Å². The monoisotopic (exact) mass is 472 g/mol. The van der Waals surface area contributed by atoms with Gasteiger partial charge in [-0.25, -0.2) is 8.42 Å². The fraction of sp³-hybridized carbons (Fsp3) is 0.167. The van der Waals surface area contributed by atoms with Gasteiger partial charge in [-0.2, -0.15) is 0 Å². The van der Waals surface area contributed by atoms with Crippen molar-refractivity contribution < 1.29 is 22.8 Å². The number of anilines is 2. The highest BCUT2D eigenvalue weighted by Gasteiger charge is 2.16. The van der Waals surface area contributed by atoms with Crippen molar-refractivity contribution in [2.75, 3.05) is 10.6 Å². The number of amides is 3. The molecule has 3 amide bonds. The highest BCUT2D eigenvalue weighted by Crippen LogP contribution is 2.25. The van der Waals surface area contributed by atoms with Gasteiger partial charge in [0.05, 0.1) is 15.6 Å². The molecule has 0 saturated heterocycles. The number of rotatable bonds is 8. The Bertz CT molecular complexity index is 1060. The molecule has 0 heterocycles. The van der Waals surface area contributed by atoms with Crippen LogP contribution in [0.5, 0.6) is 0 Å². The van der Waals surface area contributed by atoms with Gasteiger partial charge in [0.1, 0.15) is 0 Å². The lowest BCUT2D eigenvalue weighted by Gasteiger charge is -2.10. The molecule has 9 nitrogen and oxygen atoms in total. The second kappa shape index (κ2) is 10.4. The van der Waals surface area contributed by atoms with Crippen LogP contribution in [0.1, 0.15) is 19.8 Å². The number of hydrazine groups is 1. The van der Waals surface area contributed by atoms with Gasteiger partial charge in [-0.3, -0.25) is 19.8 Å². The molecule has 12 heteroatoms. The maximum absolute atomic E-state index is 12.2. The van der Waals surface area contributed by atoms with Gasteiger partial charge in [0, 0.05) is 30.5 Å². The zero-order chi connectivity index (χ0) is 22.3. The van der Waals surface area contributed by atoms with Crippen LogP contribution < -0.4 is 20.9 Å². The summed E-state index contributed by atoms with van der Waals surface area (Å²) < 4.78 is 24.4. The summed E-state index contributed by atoms with van der Waals surface area (Å²) in [7, 11) is -4.02. The standard InChI is InChI=1S/C18H18Cl2N4O5S/c1-11(25)21-13-3-5-14(6-4-13)30(28,29)24-23-18(27)9-8-17(26)22-16-7-2-12(19)10-15(16)20/h2-7,10,24H,8-9H2,1H3,(H,21,25)(H,22,26)(H,23,27). The minimum atomic E-state index is -4.02. The van der Waals surface area contributed by atoms with Crippen LogP contribution in [0.15, 0.2) is 47.4 Å². The average molecular weight is 473 g/mol. The van der Waals surface area contributed by atoms with E-state index in [9.17, 15) is 22.8 Å². The number of hydrogen-bond donors (Lipinski definition) is 4. The Morgan fingerprint density at radius 3 is 2.13 bits per heavy atom. The summed E-state index contributed by atoms with van der Waals surface area (Å²) in [6.45, 7) is 1.33. The first-order valence-corrected chi connectivity index (χ1v) is 10.7. The van der Waals surface area contributed by atoms with Crippen molar-refractivity contribution in [2.45, 2.75) is 24.7 Å². The Labute approximate surface area is 183 Å². The summed E-state index contributed by atoms with van der Waals surface area (Å²) >= 11 is 11.7. The minimum absolute atomic E-state index is 0.118. The molecule has 0 aliphatic heterocycles. The smallest absolute Gasteiger partial charge is 0.257 e. The van der Waals surface area contributed by atoms with Crippen molar-refractivity contribution in [2.24, 2.45) is 0 Å².